The summed E-state index contributed by atoms with van der Waals surface area (Å²) in [5, 5.41) is 6.69. The van der Waals surface area contributed by atoms with Crippen LogP contribution in [0, 0.1) is 0 Å². The lowest BCUT2D eigenvalue weighted by atomic mass is 10.2. The van der Waals surface area contributed by atoms with E-state index in [4.69, 9.17) is 4.74 Å². The lowest BCUT2D eigenvalue weighted by Crippen LogP contribution is -2.27. The minimum absolute atomic E-state index is 0.0836. The van der Waals surface area contributed by atoms with Crippen LogP contribution in [0.3, 0.4) is 0 Å². The van der Waals surface area contributed by atoms with Crippen LogP contribution < -0.4 is 15.4 Å². The van der Waals surface area contributed by atoms with Crippen molar-refractivity contribution in [3.63, 3.8) is 0 Å². The van der Waals surface area contributed by atoms with Crippen molar-refractivity contribution in [3.8, 4) is 5.75 Å². The third-order valence-electron chi connectivity index (χ3n) is 4.20. The number of hydrogen-bond acceptors (Lipinski definition) is 4. The highest BCUT2D eigenvalue weighted by Gasteiger charge is 2.10. The van der Waals surface area contributed by atoms with E-state index >= 15 is 0 Å². The summed E-state index contributed by atoms with van der Waals surface area (Å²) in [6, 6.07) is 14.8. The summed E-state index contributed by atoms with van der Waals surface area (Å²) in [4.78, 5) is 29.3. The molecule has 0 aliphatic carbocycles. The molecule has 2 aromatic carbocycles. The number of aromatic amines is 1. The van der Waals surface area contributed by atoms with E-state index in [0.29, 0.717) is 24.5 Å². The molecule has 0 saturated carbocycles. The Morgan fingerprint density at radius 2 is 1.93 bits per heavy atom. The number of H-pyrrole nitrogens is 1. The molecule has 28 heavy (non-hydrogen) atoms. The van der Waals surface area contributed by atoms with E-state index in [9.17, 15) is 9.59 Å². The van der Waals surface area contributed by atoms with Crippen molar-refractivity contribution in [2.24, 2.45) is 0 Å². The normalized spacial score (nSPS) is 10.9. The molecule has 0 saturated heterocycles. The first-order valence-electron chi connectivity index (χ1n) is 8.93. The molecule has 3 N–H and O–H groups in total. The van der Waals surface area contributed by atoms with E-state index < -0.39 is 0 Å². The summed E-state index contributed by atoms with van der Waals surface area (Å²) in [5.41, 5.74) is 2.93. The fourth-order valence-electron chi connectivity index (χ4n) is 2.88. The van der Waals surface area contributed by atoms with Gasteiger partial charge in [0, 0.05) is 29.2 Å². The quantitative estimate of drug-likeness (QED) is 0.588. The first-order valence-corrected chi connectivity index (χ1v) is 8.93. The first-order chi connectivity index (χ1) is 13.4. The summed E-state index contributed by atoms with van der Waals surface area (Å²) in [5.74, 6) is 0.450. The number of amides is 2. The van der Waals surface area contributed by atoms with Crippen molar-refractivity contribution in [2.45, 2.75) is 6.54 Å². The van der Waals surface area contributed by atoms with Gasteiger partial charge in [0.25, 0.3) is 5.91 Å². The molecule has 0 aliphatic rings. The molecule has 3 aromatic rings. The molecule has 0 unspecified atom stereocenters. The van der Waals surface area contributed by atoms with E-state index in [1.165, 1.54) is 0 Å². The molecule has 146 valence electrons. The highest BCUT2D eigenvalue weighted by molar-refractivity contribution is 5.98. The Hall–Kier alpha value is -3.32. The van der Waals surface area contributed by atoms with Crippen LogP contribution in [0.25, 0.3) is 10.9 Å². The molecule has 7 heteroatoms. The molecule has 0 fully saturated rings. The van der Waals surface area contributed by atoms with E-state index in [0.717, 1.165) is 22.2 Å². The average Bonchev–Trinajstić information content (AvgIpc) is 3.09. The molecular weight excluding hydrogens is 356 g/mol. The molecule has 2 amide bonds. The minimum Gasteiger partial charge on any atom is -0.497 e. The molecule has 0 bridgehead atoms. The van der Waals surface area contributed by atoms with Crippen molar-refractivity contribution < 1.29 is 14.3 Å². The van der Waals surface area contributed by atoms with Gasteiger partial charge in [-0.2, -0.15) is 0 Å². The Kier molecular flexibility index (Phi) is 5.96. The fourth-order valence-corrected chi connectivity index (χ4v) is 2.88. The third-order valence-corrected chi connectivity index (χ3v) is 4.20. The van der Waals surface area contributed by atoms with E-state index in [2.05, 4.69) is 15.6 Å². The number of carbonyl (C=O) groups excluding carboxylic acids is 2. The zero-order chi connectivity index (χ0) is 20.1. The number of carbonyl (C=O) groups is 2. The van der Waals surface area contributed by atoms with Crippen LogP contribution in [0.4, 0.5) is 5.69 Å². The van der Waals surface area contributed by atoms with E-state index in [1.807, 2.05) is 62.6 Å². The smallest absolute Gasteiger partial charge is 0.267 e. The van der Waals surface area contributed by atoms with Gasteiger partial charge in [0.1, 0.15) is 11.4 Å². The Labute approximate surface area is 163 Å². The number of anilines is 1. The summed E-state index contributed by atoms with van der Waals surface area (Å²) < 4.78 is 5.20. The Balaban J connectivity index is 1.63. The maximum atomic E-state index is 12.5. The maximum absolute atomic E-state index is 12.5. The molecule has 3 rings (SSSR count). The van der Waals surface area contributed by atoms with Crippen LogP contribution in [-0.4, -0.2) is 49.4 Å². The van der Waals surface area contributed by atoms with Crippen LogP contribution in [0.2, 0.25) is 0 Å². The summed E-state index contributed by atoms with van der Waals surface area (Å²) >= 11 is 0. The number of aromatic nitrogens is 1. The van der Waals surface area contributed by atoms with Gasteiger partial charge in [-0.1, -0.05) is 12.1 Å². The van der Waals surface area contributed by atoms with Crippen molar-refractivity contribution >= 4 is 28.4 Å². The van der Waals surface area contributed by atoms with E-state index in [1.54, 1.807) is 12.0 Å². The second-order valence-corrected chi connectivity index (χ2v) is 6.81. The number of likely N-dealkylation sites (N-methyl/N-ethyl adjacent to an activating group) is 1. The van der Waals surface area contributed by atoms with Gasteiger partial charge >= 0.3 is 0 Å². The first kappa shape index (κ1) is 19.4. The van der Waals surface area contributed by atoms with Gasteiger partial charge in [-0.25, -0.2) is 0 Å². The number of rotatable bonds is 7. The van der Waals surface area contributed by atoms with Gasteiger partial charge in [-0.3, -0.25) is 9.59 Å². The maximum Gasteiger partial charge on any atom is 0.267 e. The number of nitrogens with one attached hydrogen (secondary N) is 3. The lowest BCUT2D eigenvalue weighted by Gasteiger charge is -2.11. The second-order valence-electron chi connectivity index (χ2n) is 6.81. The topological polar surface area (TPSA) is 86.5 Å². The zero-order valence-electron chi connectivity index (χ0n) is 16.2. The molecular formula is C21H24N4O3. The molecule has 0 radical (unpaired) electrons. The van der Waals surface area contributed by atoms with Gasteiger partial charge in [-0.05, 0) is 50.0 Å². The fraction of sp³-hybridized carbons (Fsp3) is 0.238. The molecule has 0 atom stereocenters. The number of benzene rings is 2. The van der Waals surface area contributed by atoms with Gasteiger partial charge < -0.3 is 25.3 Å². The van der Waals surface area contributed by atoms with Gasteiger partial charge in [0.2, 0.25) is 5.91 Å². The average molecular weight is 380 g/mol. The summed E-state index contributed by atoms with van der Waals surface area (Å²) in [6.45, 7) is 0.668. The minimum atomic E-state index is -0.197. The molecule has 1 aromatic heterocycles. The van der Waals surface area contributed by atoms with Gasteiger partial charge in [-0.15, -0.1) is 0 Å². The lowest BCUT2D eigenvalue weighted by molar-refractivity contribution is -0.116. The van der Waals surface area contributed by atoms with Crippen LogP contribution in [0.15, 0.2) is 48.5 Å². The Morgan fingerprint density at radius 3 is 2.68 bits per heavy atom. The molecule has 1 heterocycles. The van der Waals surface area contributed by atoms with Crippen LogP contribution in [0.5, 0.6) is 5.75 Å². The number of ether oxygens (including phenoxy) is 1. The second kappa shape index (κ2) is 8.58. The van der Waals surface area contributed by atoms with Gasteiger partial charge in [0.05, 0.1) is 13.7 Å². The van der Waals surface area contributed by atoms with Crippen molar-refractivity contribution in [2.75, 3.05) is 33.1 Å². The Morgan fingerprint density at radius 1 is 1.11 bits per heavy atom. The number of fused-ring (bicyclic) bond motifs is 1. The van der Waals surface area contributed by atoms with Crippen molar-refractivity contribution in [1.29, 1.82) is 0 Å². The highest BCUT2D eigenvalue weighted by Crippen LogP contribution is 2.21. The molecule has 7 nitrogen and oxygen atoms in total. The van der Waals surface area contributed by atoms with Crippen molar-refractivity contribution in [3.05, 3.63) is 59.8 Å². The van der Waals surface area contributed by atoms with Crippen LogP contribution in [-0.2, 0) is 11.3 Å². The largest absolute Gasteiger partial charge is 0.497 e. The molecule has 0 aliphatic heterocycles. The summed E-state index contributed by atoms with van der Waals surface area (Å²) in [7, 11) is 5.28. The zero-order valence-corrected chi connectivity index (χ0v) is 16.2. The van der Waals surface area contributed by atoms with Crippen molar-refractivity contribution in [1.82, 2.24) is 15.2 Å². The van der Waals surface area contributed by atoms with E-state index in [-0.39, 0.29) is 11.8 Å². The van der Waals surface area contributed by atoms with Crippen LogP contribution >= 0.6 is 0 Å². The van der Waals surface area contributed by atoms with Gasteiger partial charge in [0.15, 0.2) is 0 Å². The standard InChI is InChI=1S/C21H24N4O3/c1-25(2)13-20(26)23-16-6-4-5-14(9-16)12-22-21(27)19-10-15-7-8-17(28-3)11-18(15)24-19/h4-11,24H,12-13H2,1-3H3,(H,22,27)(H,23,26). The highest BCUT2D eigenvalue weighted by atomic mass is 16.5. The number of hydrogen-bond donors (Lipinski definition) is 3. The summed E-state index contributed by atoms with van der Waals surface area (Å²) in [6.07, 6.45) is 0. The predicted molar refractivity (Wildman–Crippen MR) is 110 cm³/mol. The SMILES string of the molecule is COc1ccc2cc(C(=O)NCc3cccc(NC(=O)CN(C)C)c3)[nH]c2c1. The molecule has 0 spiro atoms. The third kappa shape index (κ3) is 4.89. The number of nitrogens with zero attached hydrogens (tertiary/aromatic N) is 1. The Bertz CT molecular complexity index is 994. The number of methoxy groups -OCH3 is 1. The monoisotopic (exact) mass is 380 g/mol. The van der Waals surface area contributed by atoms with Crippen LogP contribution in [0.1, 0.15) is 16.1 Å². The predicted octanol–water partition coefficient (Wildman–Crippen LogP) is 2.61.